The van der Waals surface area contributed by atoms with Gasteiger partial charge in [-0.25, -0.2) is 14.6 Å². The Kier molecular flexibility index (Phi) is 11.5. The Labute approximate surface area is 235 Å². The highest BCUT2D eigenvalue weighted by Crippen LogP contribution is 2.29. The van der Waals surface area contributed by atoms with E-state index < -0.39 is 11.9 Å². The van der Waals surface area contributed by atoms with Crippen LogP contribution in [0.25, 0.3) is 10.2 Å². The van der Waals surface area contributed by atoms with Gasteiger partial charge in [-0.2, -0.15) is 0 Å². The van der Waals surface area contributed by atoms with E-state index in [1.54, 1.807) is 18.4 Å². The minimum Gasteiger partial charge on any atom is -0.497 e. The molecule has 0 bridgehead atoms. The Morgan fingerprint density at radius 2 is 1.74 bits per heavy atom. The number of fused-ring (bicyclic) bond motifs is 1. The van der Waals surface area contributed by atoms with Crippen molar-refractivity contribution in [1.82, 2.24) is 9.88 Å². The van der Waals surface area contributed by atoms with E-state index in [0.29, 0.717) is 22.2 Å². The number of benzene rings is 2. The number of carbonyl (C=O) groups is 2. The third-order valence-corrected chi connectivity index (χ3v) is 7.50. The Morgan fingerprint density at radius 3 is 2.37 bits per heavy atom. The van der Waals surface area contributed by atoms with E-state index in [4.69, 9.17) is 38.2 Å². The average molecular weight is 582 g/mol. The summed E-state index contributed by atoms with van der Waals surface area (Å²) in [6.07, 6.45) is 3.43. The fraction of sp³-hybridized carbons (Fsp3) is 0.346. The largest absolute Gasteiger partial charge is 0.497 e. The van der Waals surface area contributed by atoms with Crippen LogP contribution in [0.2, 0.25) is 10.0 Å². The maximum absolute atomic E-state index is 9.55. The molecule has 0 saturated carbocycles. The molecule has 0 atom stereocenters. The van der Waals surface area contributed by atoms with Crippen molar-refractivity contribution in [2.75, 3.05) is 56.6 Å². The number of hydrogen-bond acceptors (Lipinski definition) is 8. The zero-order valence-electron chi connectivity index (χ0n) is 20.9. The molecule has 1 saturated heterocycles. The van der Waals surface area contributed by atoms with Crippen molar-refractivity contribution in [3.05, 3.63) is 58.6 Å². The number of aliphatic carboxylic acids is 2. The van der Waals surface area contributed by atoms with Crippen LogP contribution >= 0.6 is 34.5 Å². The molecule has 9 nitrogen and oxygen atoms in total. The third kappa shape index (κ3) is 9.36. The van der Waals surface area contributed by atoms with Gasteiger partial charge in [-0.3, -0.25) is 4.90 Å². The number of thiazole rings is 1. The number of carboxylic acids is 2. The molecule has 0 radical (unpaired) electrons. The summed E-state index contributed by atoms with van der Waals surface area (Å²) in [6.45, 7) is 6.27. The van der Waals surface area contributed by atoms with E-state index in [9.17, 15) is 9.59 Å². The van der Waals surface area contributed by atoms with Crippen LogP contribution in [-0.4, -0.2) is 78.4 Å². The summed E-state index contributed by atoms with van der Waals surface area (Å²) in [4.78, 5) is 28.7. The smallest absolute Gasteiger partial charge is 0.328 e. The first-order chi connectivity index (χ1) is 18.2. The van der Waals surface area contributed by atoms with E-state index in [2.05, 4.69) is 20.1 Å². The number of methoxy groups -OCH3 is 1. The summed E-state index contributed by atoms with van der Waals surface area (Å²) in [6, 6.07) is 11.9. The number of rotatable bonds is 10. The number of piperazine rings is 1. The molecule has 2 heterocycles. The molecule has 0 aliphatic carbocycles. The number of aromatic nitrogens is 1. The number of nitrogens with one attached hydrogen (secondary N) is 1. The number of carboxylic acid groups (broad SMARTS) is 2. The lowest BCUT2D eigenvalue weighted by Gasteiger charge is -2.36. The molecule has 1 aliphatic rings. The molecule has 204 valence electrons. The van der Waals surface area contributed by atoms with Crippen LogP contribution in [0.4, 0.5) is 10.8 Å². The molecule has 1 fully saturated rings. The molecule has 0 unspecified atom stereocenters. The van der Waals surface area contributed by atoms with Crippen LogP contribution in [0.1, 0.15) is 12.8 Å². The summed E-state index contributed by atoms with van der Waals surface area (Å²) in [5.74, 6) is -1.64. The predicted octanol–water partition coefficient (Wildman–Crippen LogP) is 5.34. The minimum absolute atomic E-state index is 0.558. The van der Waals surface area contributed by atoms with Gasteiger partial charge in [-0.1, -0.05) is 34.5 Å². The number of anilines is 2. The highest BCUT2D eigenvalue weighted by Gasteiger charge is 2.17. The van der Waals surface area contributed by atoms with Gasteiger partial charge in [-0.05, 0) is 55.8 Å². The molecule has 0 spiro atoms. The van der Waals surface area contributed by atoms with Crippen molar-refractivity contribution < 1.29 is 24.5 Å². The number of unbranched alkanes of at least 4 members (excludes halogenated alkanes) is 1. The summed E-state index contributed by atoms with van der Waals surface area (Å²) in [7, 11) is 1.69. The molecule has 4 rings (SSSR count). The standard InChI is InChI=1S/C22H26Cl2N4OS.C4H4O4/c1-29-17-5-7-20-21(15-17)30-22(26-20)25-8-2-3-9-27-10-12-28(13-11-27)16-4-6-18(23)19(24)14-16;5-3(6)1-2-4(7)8/h4-7,14-15H,2-3,8-13H2,1H3,(H,25,26);1-2H,(H,5,6)(H,7,8). The van der Waals surface area contributed by atoms with Crippen LogP contribution in [0.15, 0.2) is 48.6 Å². The average Bonchev–Trinajstić information content (AvgIpc) is 3.31. The van der Waals surface area contributed by atoms with E-state index >= 15 is 0 Å². The lowest BCUT2D eigenvalue weighted by molar-refractivity contribution is -0.134. The van der Waals surface area contributed by atoms with Crippen LogP contribution < -0.4 is 15.0 Å². The van der Waals surface area contributed by atoms with Crippen LogP contribution in [0, 0.1) is 0 Å². The Bertz CT molecular complexity index is 1250. The van der Waals surface area contributed by atoms with Gasteiger partial charge in [0.15, 0.2) is 5.13 Å². The fourth-order valence-electron chi connectivity index (χ4n) is 3.82. The van der Waals surface area contributed by atoms with Crippen molar-refractivity contribution >= 4 is 67.5 Å². The van der Waals surface area contributed by atoms with Gasteiger partial charge in [0.25, 0.3) is 0 Å². The number of ether oxygens (including phenoxy) is 1. The van der Waals surface area contributed by atoms with Gasteiger partial charge in [0.2, 0.25) is 0 Å². The van der Waals surface area contributed by atoms with Crippen molar-refractivity contribution in [3.63, 3.8) is 0 Å². The number of nitrogens with zero attached hydrogens (tertiary/aromatic N) is 3. The molecule has 2 aromatic carbocycles. The number of hydrogen-bond donors (Lipinski definition) is 3. The molecular formula is C26H30Cl2N4O5S. The summed E-state index contributed by atoms with van der Waals surface area (Å²) in [5.41, 5.74) is 2.17. The lowest BCUT2D eigenvalue weighted by Crippen LogP contribution is -2.46. The number of halogens is 2. The Balaban J connectivity index is 0.000000436. The van der Waals surface area contributed by atoms with Gasteiger partial charge in [0.05, 0.1) is 27.4 Å². The monoisotopic (exact) mass is 580 g/mol. The fourth-order valence-corrected chi connectivity index (χ4v) is 5.03. The summed E-state index contributed by atoms with van der Waals surface area (Å²) < 4.78 is 6.43. The molecule has 3 aromatic rings. The van der Waals surface area contributed by atoms with Crippen molar-refractivity contribution in [3.8, 4) is 5.75 Å². The summed E-state index contributed by atoms with van der Waals surface area (Å²) >= 11 is 13.9. The Morgan fingerprint density at radius 1 is 1.03 bits per heavy atom. The highest BCUT2D eigenvalue weighted by molar-refractivity contribution is 7.22. The minimum atomic E-state index is -1.26. The maximum Gasteiger partial charge on any atom is 0.328 e. The van der Waals surface area contributed by atoms with Crippen LogP contribution in [-0.2, 0) is 9.59 Å². The van der Waals surface area contributed by atoms with Crippen molar-refractivity contribution in [2.45, 2.75) is 12.8 Å². The highest BCUT2D eigenvalue weighted by atomic mass is 35.5. The maximum atomic E-state index is 9.55. The van der Waals surface area contributed by atoms with Gasteiger partial charge in [-0.15, -0.1) is 0 Å². The molecule has 12 heteroatoms. The first-order valence-corrected chi connectivity index (χ1v) is 13.6. The SMILES string of the molecule is COc1ccc2nc(NCCCCN3CCN(c4ccc(Cl)c(Cl)c4)CC3)sc2c1.O=C(O)C=CC(=O)O. The Hall–Kier alpha value is -3.05. The van der Waals surface area contributed by atoms with Crippen LogP contribution in [0.3, 0.4) is 0 Å². The van der Waals surface area contributed by atoms with Gasteiger partial charge in [0, 0.05) is 50.6 Å². The lowest BCUT2D eigenvalue weighted by atomic mass is 10.2. The molecule has 0 amide bonds. The van der Waals surface area contributed by atoms with Gasteiger partial charge >= 0.3 is 11.9 Å². The zero-order valence-corrected chi connectivity index (χ0v) is 23.2. The molecule has 3 N–H and O–H groups in total. The van der Waals surface area contributed by atoms with Crippen molar-refractivity contribution in [2.24, 2.45) is 0 Å². The third-order valence-electron chi connectivity index (χ3n) is 5.78. The molecule has 1 aliphatic heterocycles. The van der Waals surface area contributed by atoms with Crippen molar-refractivity contribution in [1.29, 1.82) is 0 Å². The topological polar surface area (TPSA) is 115 Å². The quantitative estimate of drug-likeness (QED) is 0.216. The van der Waals surface area contributed by atoms with Gasteiger partial charge in [0.1, 0.15) is 5.75 Å². The van der Waals surface area contributed by atoms with E-state index in [1.165, 1.54) is 6.42 Å². The van der Waals surface area contributed by atoms with E-state index in [1.807, 2.05) is 36.4 Å². The van der Waals surface area contributed by atoms with E-state index in [-0.39, 0.29) is 0 Å². The predicted molar refractivity (Wildman–Crippen MR) is 153 cm³/mol. The second-order valence-electron chi connectivity index (χ2n) is 8.42. The second kappa shape index (κ2) is 14.8. The van der Waals surface area contributed by atoms with E-state index in [0.717, 1.165) is 72.5 Å². The first-order valence-electron chi connectivity index (χ1n) is 12.0. The zero-order chi connectivity index (χ0) is 27.5. The van der Waals surface area contributed by atoms with Gasteiger partial charge < -0.3 is 25.2 Å². The first kappa shape index (κ1) is 29.5. The summed E-state index contributed by atoms with van der Waals surface area (Å²) in [5, 5.41) is 21.3. The molecule has 1 aromatic heterocycles. The molecular weight excluding hydrogens is 551 g/mol. The molecule has 38 heavy (non-hydrogen) atoms. The van der Waals surface area contributed by atoms with Crippen LogP contribution in [0.5, 0.6) is 5.75 Å². The second-order valence-corrected chi connectivity index (χ2v) is 10.3. The normalized spacial score (nSPS) is 13.8.